The van der Waals surface area contributed by atoms with E-state index in [-0.39, 0.29) is 11.9 Å². The molecule has 7 N–H and O–H groups in total. The predicted molar refractivity (Wildman–Crippen MR) is 76.7 cm³/mol. The number of nitrogens with zero attached hydrogens (tertiary/aromatic N) is 2. The second kappa shape index (κ2) is 5.57. The van der Waals surface area contributed by atoms with Crippen molar-refractivity contribution in [1.82, 2.24) is 0 Å². The standard InChI is InChI=1S/C10H16N6O2S/c1-6-3-4-7(16-19(2,17)18)5-8(6)14-10(13)15-9(11)12/h3-5,16H,1-2H3,(H6,11,12,13,14,15). The minimum absolute atomic E-state index is 0.111. The number of anilines is 1. The van der Waals surface area contributed by atoms with Crippen LogP contribution >= 0.6 is 0 Å². The van der Waals surface area contributed by atoms with E-state index in [0.29, 0.717) is 11.4 Å². The van der Waals surface area contributed by atoms with Gasteiger partial charge in [0.2, 0.25) is 16.0 Å². The second-order valence-corrected chi connectivity index (χ2v) is 5.63. The molecule has 0 aliphatic heterocycles. The van der Waals surface area contributed by atoms with E-state index in [1.54, 1.807) is 19.1 Å². The van der Waals surface area contributed by atoms with Crippen LogP contribution in [-0.2, 0) is 10.0 Å². The molecule has 0 unspecified atom stereocenters. The second-order valence-electron chi connectivity index (χ2n) is 3.88. The largest absolute Gasteiger partial charge is 0.370 e. The lowest BCUT2D eigenvalue weighted by atomic mass is 10.2. The summed E-state index contributed by atoms with van der Waals surface area (Å²) in [5, 5.41) is 0. The van der Waals surface area contributed by atoms with Crippen LogP contribution in [0.4, 0.5) is 11.4 Å². The highest BCUT2D eigenvalue weighted by molar-refractivity contribution is 7.92. The molecule has 104 valence electrons. The summed E-state index contributed by atoms with van der Waals surface area (Å²) in [7, 11) is -3.35. The fraction of sp³-hybridized carbons (Fsp3) is 0.200. The van der Waals surface area contributed by atoms with Crippen LogP contribution in [0.15, 0.2) is 28.2 Å². The summed E-state index contributed by atoms with van der Waals surface area (Å²) in [5.74, 6) is -0.316. The van der Waals surface area contributed by atoms with Crippen LogP contribution in [0.1, 0.15) is 5.56 Å². The molecule has 0 aliphatic carbocycles. The smallest absolute Gasteiger partial charge is 0.229 e. The Labute approximate surface area is 111 Å². The van der Waals surface area contributed by atoms with Crippen molar-refractivity contribution in [2.24, 2.45) is 27.2 Å². The van der Waals surface area contributed by atoms with Gasteiger partial charge >= 0.3 is 0 Å². The molecule has 0 bridgehead atoms. The van der Waals surface area contributed by atoms with Crippen LogP contribution in [0.25, 0.3) is 0 Å². The van der Waals surface area contributed by atoms with E-state index in [0.717, 1.165) is 11.8 Å². The van der Waals surface area contributed by atoms with Crippen LogP contribution in [0.3, 0.4) is 0 Å². The average Bonchev–Trinajstić information content (AvgIpc) is 2.19. The number of hydrogen-bond acceptors (Lipinski definition) is 3. The van der Waals surface area contributed by atoms with Gasteiger partial charge in [-0.2, -0.15) is 4.99 Å². The van der Waals surface area contributed by atoms with Gasteiger partial charge in [0.15, 0.2) is 5.96 Å². The van der Waals surface area contributed by atoms with Crippen LogP contribution in [0, 0.1) is 6.92 Å². The fourth-order valence-corrected chi connectivity index (χ4v) is 1.84. The third-order valence-corrected chi connectivity index (χ3v) is 2.60. The lowest BCUT2D eigenvalue weighted by molar-refractivity contribution is 0.607. The summed E-state index contributed by atoms with van der Waals surface area (Å²) >= 11 is 0. The maximum absolute atomic E-state index is 11.1. The Kier molecular flexibility index (Phi) is 4.33. The van der Waals surface area contributed by atoms with E-state index in [1.165, 1.54) is 6.07 Å². The molecule has 19 heavy (non-hydrogen) atoms. The molecular weight excluding hydrogens is 268 g/mol. The highest BCUT2D eigenvalue weighted by atomic mass is 32.2. The zero-order valence-electron chi connectivity index (χ0n) is 10.6. The van der Waals surface area contributed by atoms with Gasteiger partial charge in [-0.1, -0.05) is 6.07 Å². The van der Waals surface area contributed by atoms with E-state index in [4.69, 9.17) is 17.2 Å². The van der Waals surface area contributed by atoms with Crippen LogP contribution in [-0.4, -0.2) is 26.6 Å². The van der Waals surface area contributed by atoms with Gasteiger partial charge in [-0.05, 0) is 24.6 Å². The zero-order chi connectivity index (χ0) is 14.6. The van der Waals surface area contributed by atoms with Gasteiger partial charge in [-0.25, -0.2) is 13.4 Å². The van der Waals surface area contributed by atoms with Crippen molar-refractivity contribution < 1.29 is 8.42 Å². The third-order valence-electron chi connectivity index (χ3n) is 1.99. The van der Waals surface area contributed by atoms with Gasteiger partial charge in [0.1, 0.15) is 0 Å². The molecule has 1 aromatic rings. The number of aryl methyl sites for hydroxylation is 1. The maximum Gasteiger partial charge on any atom is 0.229 e. The van der Waals surface area contributed by atoms with Crippen molar-refractivity contribution in [2.45, 2.75) is 6.92 Å². The third kappa shape index (κ3) is 5.25. The zero-order valence-corrected chi connectivity index (χ0v) is 11.4. The highest BCUT2D eigenvalue weighted by Gasteiger charge is 2.05. The number of benzene rings is 1. The molecule has 1 aromatic carbocycles. The highest BCUT2D eigenvalue weighted by Crippen LogP contribution is 2.23. The average molecular weight is 284 g/mol. The van der Waals surface area contributed by atoms with Crippen LogP contribution in [0.2, 0.25) is 0 Å². The fourth-order valence-electron chi connectivity index (χ4n) is 1.29. The molecule has 0 spiro atoms. The van der Waals surface area contributed by atoms with Gasteiger partial charge in [0.25, 0.3) is 0 Å². The minimum atomic E-state index is -3.35. The molecule has 0 aromatic heterocycles. The first-order chi connectivity index (χ1) is 8.67. The molecule has 8 nitrogen and oxygen atoms in total. The molecule has 0 saturated carbocycles. The first-order valence-corrected chi connectivity index (χ1v) is 7.09. The van der Waals surface area contributed by atoms with E-state index < -0.39 is 10.0 Å². The molecule has 1 rings (SSSR count). The number of guanidine groups is 2. The lowest BCUT2D eigenvalue weighted by Gasteiger charge is -2.07. The van der Waals surface area contributed by atoms with E-state index >= 15 is 0 Å². The quantitative estimate of drug-likeness (QED) is 0.439. The van der Waals surface area contributed by atoms with Crippen LogP contribution in [0.5, 0.6) is 0 Å². The number of nitrogens with one attached hydrogen (secondary N) is 1. The van der Waals surface area contributed by atoms with Crippen molar-refractivity contribution in [1.29, 1.82) is 0 Å². The normalized spacial score (nSPS) is 12.0. The van der Waals surface area contributed by atoms with E-state index in [9.17, 15) is 8.42 Å². The lowest BCUT2D eigenvalue weighted by Crippen LogP contribution is -2.26. The molecule has 0 aliphatic rings. The van der Waals surface area contributed by atoms with Crippen molar-refractivity contribution in [3.8, 4) is 0 Å². The Bertz CT molecular complexity index is 631. The summed E-state index contributed by atoms with van der Waals surface area (Å²) in [6.45, 7) is 1.80. The summed E-state index contributed by atoms with van der Waals surface area (Å²) in [4.78, 5) is 7.58. The molecule has 9 heteroatoms. The molecule has 0 fully saturated rings. The Hall–Kier alpha value is -2.29. The predicted octanol–water partition coefficient (Wildman–Crippen LogP) is -0.414. The molecule has 0 heterocycles. The van der Waals surface area contributed by atoms with Gasteiger partial charge < -0.3 is 17.2 Å². The number of aliphatic imine (C=N–C) groups is 2. The van der Waals surface area contributed by atoms with Crippen molar-refractivity contribution in [2.75, 3.05) is 11.0 Å². The Morgan fingerprint density at radius 1 is 1.26 bits per heavy atom. The van der Waals surface area contributed by atoms with Gasteiger partial charge in [0, 0.05) is 0 Å². The topological polar surface area (TPSA) is 149 Å². The number of sulfonamides is 1. The van der Waals surface area contributed by atoms with Gasteiger partial charge in [0.05, 0.1) is 17.6 Å². The van der Waals surface area contributed by atoms with E-state index in [1.807, 2.05) is 0 Å². The number of rotatable bonds is 3. The molecule has 0 radical (unpaired) electrons. The monoisotopic (exact) mass is 284 g/mol. The first-order valence-electron chi connectivity index (χ1n) is 5.19. The minimum Gasteiger partial charge on any atom is -0.370 e. The van der Waals surface area contributed by atoms with Crippen molar-refractivity contribution in [3.05, 3.63) is 23.8 Å². The summed E-state index contributed by atoms with van der Waals surface area (Å²) < 4.78 is 24.6. The molecule has 0 atom stereocenters. The number of hydrogen-bond donors (Lipinski definition) is 4. The summed E-state index contributed by atoms with van der Waals surface area (Å²) in [6, 6.07) is 4.85. The van der Waals surface area contributed by atoms with E-state index in [2.05, 4.69) is 14.7 Å². The van der Waals surface area contributed by atoms with Gasteiger partial charge in [-0.3, -0.25) is 4.72 Å². The number of nitrogens with two attached hydrogens (primary N) is 3. The molecule has 0 saturated heterocycles. The maximum atomic E-state index is 11.1. The Balaban J connectivity index is 3.15. The summed E-state index contributed by atoms with van der Waals surface area (Å²) in [5.41, 5.74) is 17.5. The van der Waals surface area contributed by atoms with Crippen LogP contribution < -0.4 is 21.9 Å². The Morgan fingerprint density at radius 3 is 2.42 bits per heavy atom. The summed E-state index contributed by atoms with van der Waals surface area (Å²) in [6.07, 6.45) is 1.06. The first kappa shape index (κ1) is 14.8. The SMILES string of the molecule is Cc1ccc(NS(C)(=O)=O)cc1N=C(N)N=C(N)N. The van der Waals surface area contributed by atoms with Crippen molar-refractivity contribution >= 4 is 33.3 Å². The Morgan fingerprint density at radius 2 is 1.89 bits per heavy atom. The molecular formula is C10H16N6O2S. The van der Waals surface area contributed by atoms with Crippen molar-refractivity contribution in [3.63, 3.8) is 0 Å². The molecule has 0 amide bonds. The van der Waals surface area contributed by atoms with Gasteiger partial charge in [-0.15, -0.1) is 0 Å².